The van der Waals surface area contributed by atoms with Crippen molar-refractivity contribution >= 4 is 10.8 Å². The monoisotopic (exact) mass is 213 g/mol. The van der Waals surface area contributed by atoms with Gasteiger partial charge in [0.25, 0.3) is 0 Å². The van der Waals surface area contributed by atoms with Crippen molar-refractivity contribution in [3.63, 3.8) is 0 Å². The number of hydrogen-bond donors (Lipinski definition) is 1. The van der Waals surface area contributed by atoms with E-state index < -0.39 is 0 Å². The van der Waals surface area contributed by atoms with E-state index in [9.17, 15) is 0 Å². The van der Waals surface area contributed by atoms with Crippen LogP contribution in [0.15, 0.2) is 36.4 Å². The molecule has 1 aliphatic heterocycles. The molecule has 0 spiro atoms. The fourth-order valence-electron chi connectivity index (χ4n) is 2.16. The summed E-state index contributed by atoms with van der Waals surface area (Å²) in [7, 11) is 1.70. The Morgan fingerprint density at radius 2 is 1.88 bits per heavy atom. The van der Waals surface area contributed by atoms with Crippen molar-refractivity contribution in [3.05, 3.63) is 42.0 Å². The van der Waals surface area contributed by atoms with Crippen molar-refractivity contribution in [1.82, 2.24) is 5.32 Å². The number of methoxy groups -OCH3 is 1. The number of ether oxygens (including phenoxy) is 1. The highest BCUT2D eigenvalue weighted by Gasteiger charge is 2.18. The molecular weight excluding hydrogens is 198 g/mol. The fourth-order valence-corrected chi connectivity index (χ4v) is 2.16. The molecule has 0 aromatic heterocycles. The summed E-state index contributed by atoms with van der Waals surface area (Å²) >= 11 is 0. The Bertz CT molecular complexity index is 517. The Balaban J connectivity index is 2.04. The molecule has 1 heterocycles. The van der Waals surface area contributed by atoms with Gasteiger partial charge < -0.3 is 10.1 Å². The van der Waals surface area contributed by atoms with Crippen molar-refractivity contribution in [2.45, 2.75) is 12.5 Å². The molecule has 2 aromatic carbocycles. The Morgan fingerprint density at radius 1 is 1.12 bits per heavy atom. The average Bonchev–Trinajstić information content (AvgIpc) is 2.26. The van der Waals surface area contributed by atoms with Crippen molar-refractivity contribution in [2.24, 2.45) is 0 Å². The standard InChI is InChI=1S/C14H15NO/c1-16-13-5-4-10-8-12(14-6-7-15-14)3-2-11(10)9-13/h2-5,8-9,14-15H,6-7H2,1H3/t14-/m0/s1. The first-order valence-electron chi connectivity index (χ1n) is 5.68. The summed E-state index contributed by atoms with van der Waals surface area (Å²) < 4.78 is 5.22. The second-order valence-electron chi connectivity index (χ2n) is 4.27. The zero-order valence-corrected chi connectivity index (χ0v) is 9.36. The zero-order valence-electron chi connectivity index (χ0n) is 9.36. The van der Waals surface area contributed by atoms with Crippen LogP contribution in [0.1, 0.15) is 18.0 Å². The van der Waals surface area contributed by atoms with Crippen LogP contribution in [-0.2, 0) is 0 Å². The molecule has 16 heavy (non-hydrogen) atoms. The molecule has 2 nitrogen and oxygen atoms in total. The van der Waals surface area contributed by atoms with Gasteiger partial charge in [-0.3, -0.25) is 0 Å². The van der Waals surface area contributed by atoms with Crippen LogP contribution in [0.3, 0.4) is 0 Å². The minimum absolute atomic E-state index is 0.562. The number of fused-ring (bicyclic) bond motifs is 1. The summed E-state index contributed by atoms with van der Waals surface area (Å²) in [6.07, 6.45) is 1.25. The molecule has 2 aromatic rings. The van der Waals surface area contributed by atoms with Crippen molar-refractivity contribution in [3.8, 4) is 5.75 Å². The molecule has 1 fully saturated rings. The maximum atomic E-state index is 5.22. The van der Waals surface area contributed by atoms with E-state index in [1.165, 1.54) is 22.8 Å². The molecule has 2 heteroatoms. The number of benzene rings is 2. The summed E-state index contributed by atoms with van der Waals surface area (Å²) in [5.41, 5.74) is 1.39. The van der Waals surface area contributed by atoms with Crippen LogP contribution >= 0.6 is 0 Å². The van der Waals surface area contributed by atoms with E-state index in [2.05, 4.69) is 35.6 Å². The van der Waals surface area contributed by atoms with Gasteiger partial charge in [0.15, 0.2) is 0 Å². The molecule has 1 N–H and O–H groups in total. The molecule has 0 bridgehead atoms. The highest BCUT2D eigenvalue weighted by Crippen LogP contribution is 2.27. The van der Waals surface area contributed by atoms with E-state index in [0.717, 1.165) is 12.3 Å². The molecule has 0 radical (unpaired) electrons. The van der Waals surface area contributed by atoms with Crippen LogP contribution in [-0.4, -0.2) is 13.7 Å². The Hall–Kier alpha value is -1.54. The molecule has 82 valence electrons. The van der Waals surface area contributed by atoms with E-state index >= 15 is 0 Å². The van der Waals surface area contributed by atoms with Crippen molar-refractivity contribution < 1.29 is 4.74 Å². The van der Waals surface area contributed by atoms with E-state index in [-0.39, 0.29) is 0 Å². The predicted octanol–water partition coefficient (Wildman–Crippen LogP) is 2.88. The highest BCUT2D eigenvalue weighted by molar-refractivity contribution is 5.84. The van der Waals surface area contributed by atoms with Crippen molar-refractivity contribution in [2.75, 3.05) is 13.7 Å². The van der Waals surface area contributed by atoms with Gasteiger partial charge in [0.2, 0.25) is 0 Å². The Morgan fingerprint density at radius 3 is 2.56 bits per heavy atom. The van der Waals surface area contributed by atoms with E-state index in [0.29, 0.717) is 6.04 Å². The van der Waals surface area contributed by atoms with Gasteiger partial charge in [-0.2, -0.15) is 0 Å². The average molecular weight is 213 g/mol. The third kappa shape index (κ3) is 1.55. The first-order valence-corrected chi connectivity index (χ1v) is 5.68. The van der Waals surface area contributed by atoms with Gasteiger partial charge in [0, 0.05) is 6.04 Å². The quantitative estimate of drug-likeness (QED) is 0.828. The normalized spacial score (nSPS) is 19.4. The SMILES string of the molecule is COc1ccc2cc([C@@H]3CCN3)ccc2c1. The number of nitrogens with one attached hydrogen (secondary N) is 1. The summed E-state index contributed by atoms with van der Waals surface area (Å²) in [5, 5.41) is 5.95. The lowest BCUT2D eigenvalue weighted by Crippen LogP contribution is -2.34. The van der Waals surface area contributed by atoms with E-state index in [4.69, 9.17) is 4.74 Å². The molecule has 0 unspecified atom stereocenters. The van der Waals surface area contributed by atoms with E-state index in [1.807, 2.05) is 6.07 Å². The second kappa shape index (κ2) is 3.80. The highest BCUT2D eigenvalue weighted by atomic mass is 16.5. The van der Waals surface area contributed by atoms with Gasteiger partial charge in [0.1, 0.15) is 5.75 Å². The maximum Gasteiger partial charge on any atom is 0.119 e. The van der Waals surface area contributed by atoms with Gasteiger partial charge in [-0.05, 0) is 47.5 Å². The molecule has 1 atom stereocenters. The van der Waals surface area contributed by atoms with Gasteiger partial charge in [-0.25, -0.2) is 0 Å². The first kappa shape index (κ1) is 9.67. The Labute approximate surface area is 95.2 Å². The summed E-state index contributed by atoms with van der Waals surface area (Å²) in [6, 6.07) is 13.4. The van der Waals surface area contributed by atoms with Crippen LogP contribution in [0.4, 0.5) is 0 Å². The summed E-state index contributed by atoms with van der Waals surface area (Å²) in [6.45, 7) is 1.14. The van der Waals surface area contributed by atoms with Gasteiger partial charge in [0.05, 0.1) is 7.11 Å². The molecule has 1 saturated heterocycles. The molecule has 1 aliphatic rings. The largest absolute Gasteiger partial charge is 0.497 e. The van der Waals surface area contributed by atoms with Crippen LogP contribution in [0.2, 0.25) is 0 Å². The number of rotatable bonds is 2. The smallest absolute Gasteiger partial charge is 0.119 e. The van der Waals surface area contributed by atoms with Crippen LogP contribution < -0.4 is 10.1 Å². The van der Waals surface area contributed by atoms with Crippen LogP contribution in [0, 0.1) is 0 Å². The molecule has 3 rings (SSSR count). The third-order valence-electron chi connectivity index (χ3n) is 3.30. The second-order valence-corrected chi connectivity index (χ2v) is 4.27. The van der Waals surface area contributed by atoms with Gasteiger partial charge in [-0.1, -0.05) is 18.2 Å². The molecule has 0 saturated carbocycles. The number of hydrogen-bond acceptors (Lipinski definition) is 2. The molecule has 0 amide bonds. The maximum absolute atomic E-state index is 5.22. The minimum Gasteiger partial charge on any atom is -0.497 e. The lowest BCUT2D eigenvalue weighted by Gasteiger charge is -2.28. The summed E-state index contributed by atoms with van der Waals surface area (Å²) in [5.74, 6) is 0.919. The Kier molecular flexibility index (Phi) is 2.29. The predicted molar refractivity (Wildman–Crippen MR) is 65.9 cm³/mol. The van der Waals surface area contributed by atoms with Crippen LogP contribution in [0.25, 0.3) is 10.8 Å². The third-order valence-corrected chi connectivity index (χ3v) is 3.30. The lowest BCUT2D eigenvalue weighted by molar-refractivity contribution is 0.383. The summed E-state index contributed by atoms with van der Waals surface area (Å²) in [4.78, 5) is 0. The van der Waals surface area contributed by atoms with Crippen LogP contribution in [0.5, 0.6) is 5.75 Å². The lowest BCUT2D eigenvalue weighted by atomic mass is 9.95. The van der Waals surface area contributed by atoms with Gasteiger partial charge in [-0.15, -0.1) is 0 Å². The first-order chi connectivity index (χ1) is 7.86. The molecular formula is C14H15NO. The fraction of sp³-hybridized carbons (Fsp3) is 0.286. The van der Waals surface area contributed by atoms with Gasteiger partial charge >= 0.3 is 0 Å². The zero-order chi connectivity index (χ0) is 11.0. The van der Waals surface area contributed by atoms with Crippen molar-refractivity contribution in [1.29, 1.82) is 0 Å². The topological polar surface area (TPSA) is 21.3 Å². The molecule has 0 aliphatic carbocycles. The minimum atomic E-state index is 0.562. The van der Waals surface area contributed by atoms with E-state index in [1.54, 1.807) is 7.11 Å².